The molecule has 0 aliphatic heterocycles. The van der Waals surface area contributed by atoms with Crippen molar-refractivity contribution in [2.75, 3.05) is 0 Å². The van der Waals surface area contributed by atoms with E-state index in [1.54, 1.807) is 0 Å². The summed E-state index contributed by atoms with van der Waals surface area (Å²) in [6.07, 6.45) is 0.547. The first-order chi connectivity index (χ1) is 12.6. The molecule has 0 spiro atoms. The monoisotopic (exact) mass is 468 g/mol. The second kappa shape index (κ2) is 8.61. The first kappa shape index (κ1) is 18.8. The van der Waals surface area contributed by atoms with E-state index in [1.807, 2.05) is 43.3 Å². The Balaban J connectivity index is 0.000000158. The largest absolute Gasteiger partial charge is 0.294 e. The fraction of sp³-hybridized carbons (Fsp3) is 0.0870. The lowest BCUT2D eigenvalue weighted by Crippen LogP contribution is -1.97. The zero-order valence-electron chi connectivity index (χ0n) is 14.4. The molecule has 0 saturated heterocycles. The molecule has 0 heterocycles. The van der Waals surface area contributed by atoms with Gasteiger partial charge in [-0.2, -0.15) is 0 Å². The predicted molar refractivity (Wildman–Crippen MR) is 118 cm³/mol. The van der Waals surface area contributed by atoms with Crippen molar-refractivity contribution in [3.8, 4) is 0 Å². The van der Waals surface area contributed by atoms with Crippen molar-refractivity contribution in [1.29, 1.82) is 0 Å². The number of ketones is 1. The van der Waals surface area contributed by atoms with Crippen molar-refractivity contribution < 1.29 is 4.79 Å². The minimum atomic E-state index is 0.193. The van der Waals surface area contributed by atoms with Gasteiger partial charge in [0, 0.05) is 20.9 Å². The average Bonchev–Trinajstić information content (AvgIpc) is 2.67. The topological polar surface area (TPSA) is 17.1 Å². The molecule has 1 nitrogen and oxygen atoms in total. The molecule has 0 aliphatic rings. The first-order valence-corrected chi connectivity index (χ1v) is 10.0. The third kappa shape index (κ3) is 4.40. The molecule has 0 N–H and O–H groups in total. The lowest BCUT2D eigenvalue weighted by atomic mass is 10.0. The molecule has 0 aromatic heterocycles. The minimum absolute atomic E-state index is 0.193. The maximum atomic E-state index is 11.7. The van der Waals surface area contributed by atoms with Crippen LogP contribution >= 0.6 is 31.9 Å². The van der Waals surface area contributed by atoms with Gasteiger partial charge >= 0.3 is 0 Å². The van der Waals surface area contributed by atoms with Gasteiger partial charge < -0.3 is 0 Å². The van der Waals surface area contributed by atoms with E-state index in [1.165, 1.54) is 10.8 Å². The van der Waals surface area contributed by atoms with Gasteiger partial charge in [0.25, 0.3) is 0 Å². The summed E-state index contributed by atoms with van der Waals surface area (Å²) in [7, 11) is 0. The zero-order valence-corrected chi connectivity index (χ0v) is 17.5. The van der Waals surface area contributed by atoms with Crippen molar-refractivity contribution >= 4 is 59.2 Å². The quantitative estimate of drug-likeness (QED) is 0.273. The van der Waals surface area contributed by atoms with Crippen LogP contribution in [-0.2, 0) is 0 Å². The Morgan fingerprint density at radius 3 is 2.08 bits per heavy atom. The Kier molecular flexibility index (Phi) is 6.23. The van der Waals surface area contributed by atoms with Crippen molar-refractivity contribution in [1.82, 2.24) is 0 Å². The molecule has 0 unspecified atom stereocenters. The van der Waals surface area contributed by atoms with Gasteiger partial charge in [-0.05, 0) is 45.8 Å². The van der Waals surface area contributed by atoms with Gasteiger partial charge in [-0.1, -0.05) is 93.4 Å². The normalized spacial score (nSPS) is 10.4. The standard InChI is InChI=1S/C13H11BrO.C10H7Br/c1-2-13(15)11-5-3-4-9-6-7-10(14)8-12(9)11;11-10-6-5-8-3-1-2-4-9(8)7-10/h3-8H,2H2,1H3;1-7H. The average molecular weight is 470 g/mol. The summed E-state index contributed by atoms with van der Waals surface area (Å²) in [5.74, 6) is 0.193. The van der Waals surface area contributed by atoms with Crippen LogP contribution in [-0.4, -0.2) is 5.78 Å². The number of Topliss-reactive ketones (excluding diaryl/α,β-unsaturated/α-hetero) is 1. The summed E-state index contributed by atoms with van der Waals surface area (Å²) in [5, 5.41) is 4.70. The molecule has 0 amide bonds. The lowest BCUT2D eigenvalue weighted by Gasteiger charge is -2.04. The van der Waals surface area contributed by atoms with Crippen molar-refractivity contribution in [3.63, 3.8) is 0 Å². The highest BCUT2D eigenvalue weighted by Crippen LogP contribution is 2.24. The molecule has 4 aromatic carbocycles. The van der Waals surface area contributed by atoms with E-state index in [9.17, 15) is 4.79 Å². The van der Waals surface area contributed by atoms with Crippen LogP contribution in [0.5, 0.6) is 0 Å². The third-order valence-corrected chi connectivity index (χ3v) is 5.16. The van der Waals surface area contributed by atoms with Crippen LogP contribution in [0.1, 0.15) is 23.7 Å². The number of rotatable bonds is 2. The molecule has 4 aromatic rings. The van der Waals surface area contributed by atoms with Crippen LogP contribution in [0.4, 0.5) is 0 Å². The van der Waals surface area contributed by atoms with Crippen molar-refractivity contribution in [2.45, 2.75) is 13.3 Å². The van der Waals surface area contributed by atoms with Crippen LogP contribution in [0, 0.1) is 0 Å². The van der Waals surface area contributed by atoms with Crippen LogP contribution < -0.4 is 0 Å². The van der Waals surface area contributed by atoms with E-state index in [0.29, 0.717) is 6.42 Å². The highest BCUT2D eigenvalue weighted by atomic mass is 79.9. The summed E-state index contributed by atoms with van der Waals surface area (Å²) in [6.45, 7) is 1.89. The van der Waals surface area contributed by atoms with E-state index in [-0.39, 0.29) is 5.78 Å². The number of carbonyl (C=O) groups excluding carboxylic acids is 1. The second-order valence-corrected chi connectivity index (χ2v) is 7.77. The van der Waals surface area contributed by atoms with Gasteiger partial charge in [-0.15, -0.1) is 0 Å². The SMILES string of the molecule is Brc1ccc2ccccc2c1.CCC(=O)c1cccc2ccc(Br)cc12. The molecule has 26 heavy (non-hydrogen) atoms. The van der Waals surface area contributed by atoms with Crippen LogP contribution in [0.25, 0.3) is 21.5 Å². The molecule has 0 bridgehead atoms. The molecule has 0 saturated carbocycles. The summed E-state index contributed by atoms with van der Waals surface area (Å²) in [4.78, 5) is 11.7. The smallest absolute Gasteiger partial charge is 0.163 e. The molecule has 4 rings (SSSR count). The molecule has 0 aliphatic carbocycles. The Morgan fingerprint density at radius 1 is 0.731 bits per heavy atom. The Bertz CT molecular complexity index is 1070. The number of fused-ring (bicyclic) bond motifs is 2. The Hall–Kier alpha value is -1.97. The maximum Gasteiger partial charge on any atom is 0.163 e. The van der Waals surface area contributed by atoms with E-state index >= 15 is 0 Å². The van der Waals surface area contributed by atoms with E-state index < -0.39 is 0 Å². The van der Waals surface area contributed by atoms with Gasteiger partial charge in [0.15, 0.2) is 5.78 Å². The molecule has 0 atom stereocenters. The minimum Gasteiger partial charge on any atom is -0.294 e. The fourth-order valence-corrected chi connectivity index (χ4v) is 3.58. The van der Waals surface area contributed by atoms with Gasteiger partial charge in [-0.25, -0.2) is 0 Å². The lowest BCUT2D eigenvalue weighted by molar-refractivity contribution is 0.0990. The molecule has 130 valence electrons. The van der Waals surface area contributed by atoms with Crippen molar-refractivity contribution in [2.24, 2.45) is 0 Å². The molecular formula is C23H18Br2O. The zero-order chi connectivity index (χ0) is 18.5. The van der Waals surface area contributed by atoms with Gasteiger partial charge in [0.05, 0.1) is 0 Å². The molecule has 0 radical (unpaired) electrons. The third-order valence-electron chi connectivity index (χ3n) is 4.18. The molecular weight excluding hydrogens is 452 g/mol. The van der Waals surface area contributed by atoms with E-state index in [4.69, 9.17) is 0 Å². The van der Waals surface area contributed by atoms with Crippen LogP contribution in [0.3, 0.4) is 0 Å². The Morgan fingerprint density at radius 2 is 1.35 bits per heavy atom. The van der Waals surface area contributed by atoms with Gasteiger partial charge in [0.2, 0.25) is 0 Å². The number of hydrogen-bond acceptors (Lipinski definition) is 1. The molecule has 0 fully saturated rings. The highest BCUT2D eigenvalue weighted by molar-refractivity contribution is 9.10. The van der Waals surface area contributed by atoms with Gasteiger partial charge in [-0.3, -0.25) is 4.79 Å². The number of halogens is 2. The fourth-order valence-electron chi connectivity index (χ4n) is 2.84. The van der Waals surface area contributed by atoms with Gasteiger partial charge in [0.1, 0.15) is 0 Å². The summed E-state index contributed by atoms with van der Waals surface area (Å²) < 4.78 is 2.14. The number of carbonyl (C=O) groups is 1. The number of benzene rings is 4. The maximum absolute atomic E-state index is 11.7. The molecule has 3 heteroatoms. The number of hydrogen-bond donors (Lipinski definition) is 0. The summed E-state index contributed by atoms with van der Waals surface area (Å²) >= 11 is 6.86. The second-order valence-electron chi connectivity index (χ2n) is 5.94. The highest BCUT2D eigenvalue weighted by Gasteiger charge is 2.07. The van der Waals surface area contributed by atoms with Crippen molar-refractivity contribution in [3.05, 3.63) is 93.4 Å². The summed E-state index contributed by atoms with van der Waals surface area (Å²) in [6, 6.07) is 26.5. The van der Waals surface area contributed by atoms with Crippen LogP contribution in [0.15, 0.2) is 87.8 Å². The summed E-state index contributed by atoms with van der Waals surface area (Å²) in [5.41, 5.74) is 0.816. The first-order valence-electron chi connectivity index (χ1n) is 8.44. The van der Waals surface area contributed by atoms with E-state index in [0.717, 1.165) is 25.3 Å². The van der Waals surface area contributed by atoms with Crippen LogP contribution in [0.2, 0.25) is 0 Å². The van der Waals surface area contributed by atoms with E-state index in [2.05, 4.69) is 74.3 Å². The predicted octanol–water partition coefficient (Wildman–Crippen LogP) is 7.80. The Labute approximate surface area is 170 Å².